The molecule has 0 bridgehead atoms. The van der Waals surface area contributed by atoms with Gasteiger partial charge in [0.15, 0.2) is 5.82 Å². The molecule has 2 saturated heterocycles. The molecule has 0 aliphatic carbocycles. The van der Waals surface area contributed by atoms with Crippen molar-refractivity contribution >= 4 is 29.7 Å². The minimum absolute atomic E-state index is 0.123. The van der Waals surface area contributed by atoms with Crippen LogP contribution in [-0.2, 0) is 18.5 Å². The molecule has 0 unspecified atom stereocenters. The molecule has 3 aromatic rings. The summed E-state index contributed by atoms with van der Waals surface area (Å²) in [6, 6.07) is 3.96. The summed E-state index contributed by atoms with van der Waals surface area (Å²) in [7, 11) is 2.20. The van der Waals surface area contributed by atoms with Gasteiger partial charge in [0.25, 0.3) is 0 Å². The maximum absolute atomic E-state index is 15.0. The second-order valence-electron chi connectivity index (χ2n) is 12.5. The number of rotatable bonds is 6. The first-order valence-electron chi connectivity index (χ1n) is 14.4. The van der Waals surface area contributed by atoms with Crippen LogP contribution in [0.5, 0.6) is 0 Å². The van der Waals surface area contributed by atoms with Crippen molar-refractivity contribution in [2.45, 2.75) is 58.5 Å². The quantitative estimate of drug-likeness (QED) is 0.492. The molecule has 3 aliphatic heterocycles. The highest BCUT2D eigenvalue weighted by Gasteiger charge is 2.42. The summed E-state index contributed by atoms with van der Waals surface area (Å²) < 4.78 is 30.8. The number of nitrogens with one attached hydrogen (secondary N) is 1. The molecule has 0 saturated carbocycles. The lowest BCUT2D eigenvalue weighted by molar-refractivity contribution is -0.0329. The van der Waals surface area contributed by atoms with E-state index in [1.165, 1.54) is 25.9 Å². The summed E-state index contributed by atoms with van der Waals surface area (Å²) in [5, 5.41) is 3.95. The van der Waals surface area contributed by atoms with Gasteiger partial charge in [-0.15, -0.1) is 0 Å². The molecule has 10 heteroatoms. The van der Waals surface area contributed by atoms with Gasteiger partial charge in [-0.25, -0.2) is 28.7 Å². The van der Waals surface area contributed by atoms with Crippen molar-refractivity contribution in [3.63, 3.8) is 0 Å². The molecule has 2 fully saturated rings. The zero-order valence-electron chi connectivity index (χ0n) is 24.3. The summed E-state index contributed by atoms with van der Waals surface area (Å²) in [6.07, 6.45) is 11.2. The van der Waals surface area contributed by atoms with E-state index in [0.29, 0.717) is 28.5 Å². The minimum atomic E-state index is -0.564. The lowest BCUT2D eigenvalue weighted by Crippen LogP contribution is -2.58. The van der Waals surface area contributed by atoms with Gasteiger partial charge in [-0.1, -0.05) is 12.1 Å². The number of halogens is 2. The van der Waals surface area contributed by atoms with Crippen LogP contribution in [0.1, 0.15) is 57.1 Å². The summed E-state index contributed by atoms with van der Waals surface area (Å²) in [4.78, 5) is 22.5. The number of pyridine rings is 1. The van der Waals surface area contributed by atoms with Gasteiger partial charge < -0.3 is 14.8 Å². The Bertz CT molecular complexity index is 1580. The van der Waals surface area contributed by atoms with Gasteiger partial charge in [-0.3, -0.25) is 4.90 Å². The SMILES string of the molecule is C\C=C(/C=c1\c(=C\F)nc2n1C(C)(C)CC2)c1nc(Nc2ccc(CN3CCC4(CC3)CN(C)C4)cn2)ncc1F. The van der Waals surface area contributed by atoms with Gasteiger partial charge >= 0.3 is 0 Å². The van der Waals surface area contributed by atoms with Gasteiger partial charge in [0.1, 0.15) is 29.0 Å². The fraction of sp³-hybridized carbons (Fsp3) is 0.484. The maximum atomic E-state index is 15.0. The Balaban J connectivity index is 1.17. The highest BCUT2D eigenvalue weighted by Crippen LogP contribution is 2.39. The van der Waals surface area contributed by atoms with Crippen molar-refractivity contribution in [1.29, 1.82) is 0 Å². The molecule has 0 atom stereocenters. The molecule has 1 spiro atoms. The van der Waals surface area contributed by atoms with Crippen LogP contribution in [0, 0.1) is 11.2 Å². The minimum Gasteiger partial charge on any atom is -0.322 e. The van der Waals surface area contributed by atoms with Crippen molar-refractivity contribution in [2.75, 3.05) is 38.5 Å². The predicted octanol–water partition coefficient (Wildman–Crippen LogP) is 3.75. The van der Waals surface area contributed by atoms with Crippen LogP contribution in [-0.4, -0.2) is 67.5 Å². The summed E-state index contributed by atoms with van der Waals surface area (Å²) >= 11 is 0. The Kier molecular flexibility index (Phi) is 7.23. The zero-order valence-corrected chi connectivity index (χ0v) is 24.3. The smallest absolute Gasteiger partial charge is 0.229 e. The lowest BCUT2D eigenvalue weighted by Gasteiger charge is -2.53. The van der Waals surface area contributed by atoms with E-state index in [9.17, 15) is 4.39 Å². The Labute approximate surface area is 239 Å². The largest absolute Gasteiger partial charge is 0.322 e. The highest BCUT2D eigenvalue weighted by molar-refractivity contribution is 5.86. The molecule has 6 rings (SSSR count). The average Bonchev–Trinajstić information content (AvgIpc) is 3.46. The van der Waals surface area contributed by atoms with E-state index >= 15 is 4.39 Å². The molecule has 3 aromatic heterocycles. The summed E-state index contributed by atoms with van der Waals surface area (Å²) in [5.41, 5.74) is 2.12. The van der Waals surface area contributed by atoms with Crippen molar-refractivity contribution in [3.8, 4) is 0 Å². The van der Waals surface area contributed by atoms with Crippen LogP contribution in [0.4, 0.5) is 20.5 Å². The third-order valence-electron chi connectivity index (χ3n) is 8.90. The third-order valence-corrected chi connectivity index (χ3v) is 8.90. The monoisotopic (exact) mass is 560 g/mol. The number of aryl methyl sites for hydroxylation is 1. The standard InChI is InChI=1S/C31H38F2N8/c1-5-22(14-25-24(15-32)36-27-8-9-30(2,3)41(25)27)28-23(33)17-35-29(38-28)37-26-7-6-21(16-34-26)18-40-12-10-31(11-13-40)19-39(4)20-31/h5-7,14-17H,8-13,18-20H2,1-4H3,(H,34,35,37,38)/b22-5+,24-15-,25-14+. The van der Waals surface area contributed by atoms with Crippen LogP contribution in [0.2, 0.25) is 0 Å². The number of hydrogen-bond donors (Lipinski definition) is 1. The van der Waals surface area contributed by atoms with Gasteiger partial charge in [0.2, 0.25) is 5.95 Å². The molecule has 216 valence electrons. The third kappa shape index (κ3) is 5.42. The molecular weight excluding hydrogens is 522 g/mol. The number of fused-ring (bicyclic) bond motifs is 1. The number of allylic oxidation sites excluding steroid dienone is 2. The second kappa shape index (κ2) is 10.7. The normalized spacial score (nSPS) is 21.4. The van der Waals surface area contributed by atoms with Crippen LogP contribution >= 0.6 is 0 Å². The van der Waals surface area contributed by atoms with Crippen molar-refractivity contribution in [2.24, 2.45) is 5.41 Å². The van der Waals surface area contributed by atoms with E-state index in [-0.39, 0.29) is 22.5 Å². The molecular formula is C31H38F2N8. The number of aromatic nitrogens is 5. The first-order chi connectivity index (χ1) is 19.7. The first-order valence-corrected chi connectivity index (χ1v) is 14.4. The number of piperidine rings is 1. The molecule has 6 heterocycles. The van der Waals surface area contributed by atoms with Crippen LogP contribution in [0.15, 0.2) is 30.6 Å². The lowest BCUT2D eigenvalue weighted by atomic mass is 9.72. The Morgan fingerprint density at radius 3 is 2.51 bits per heavy atom. The maximum Gasteiger partial charge on any atom is 0.229 e. The number of anilines is 2. The Hall–Kier alpha value is -3.50. The highest BCUT2D eigenvalue weighted by atomic mass is 19.1. The van der Waals surface area contributed by atoms with E-state index < -0.39 is 5.82 Å². The van der Waals surface area contributed by atoms with E-state index in [1.807, 2.05) is 16.8 Å². The zero-order chi connectivity index (χ0) is 28.8. The molecule has 0 radical (unpaired) electrons. The molecule has 8 nitrogen and oxygen atoms in total. The molecule has 3 aliphatic rings. The van der Waals surface area contributed by atoms with Crippen molar-refractivity contribution in [1.82, 2.24) is 34.3 Å². The van der Waals surface area contributed by atoms with E-state index in [0.717, 1.165) is 50.1 Å². The fourth-order valence-corrected chi connectivity index (χ4v) is 6.72. The second-order valence-corrected chi connectivity index (χ2v) is 12.5. The van der Waals surface area contributed by atoms with Gasteiger partial charge in [-0.05, 0) is 83.3 Å². The number of imidazole rings is 1. The number of likely N-dealkylation sites (tertiary alicyclic amines) is 2. The van der Waals surface area contributed by atoms with Crippen LogP contribution in [0.3, 0.4) is 0 Å². The van der Waals surface area contributed by atoms with Gasteiger partial charge in [0, 0.05) is 43.4 Å². The van der Waals surface area contributed by atoms with Crippen molar-refractivity contribution in [3.05, 3.63) is 64.2 Å². The van der Waals surface area contributed by atoms with Crippen LogP contribution < -0.4 is 16.0 Å². The van der Waals surface area contributed by atoms with Crippen LogP contribution in [0.25, 0.3) is 18.0 Å². The molecule has 0 amide bonds. The fourth-order valence-electron chi connectivity index (χ4n) is 6.72. The molecule has 41 heavy (non-hydrogen) atoms. The Morgan fingerprint density at radius 1 is 1.07 bits per heavy atom. The Morgan fingerprint density at radius 2 is 1.85 bits per heavy atom. The van der Waals surface area contributed by atoms with Gasteiger partial charge in [-0.2, -0.15) is 0 Å². The summed E-state index contributed by atoms with van der Waals surface area (Å²) in [5.74, 6) is 1.08. The number of nitrogens with zero attached hydrogens (tertiary/aromatic N) is 7. The predicted molar refractivity (Wildman–Crippen MR) is 157 cm³/mol. The van der Waals surface area contributed by atoms with E-state index in [4.69, 9.17) is 0 Å². The average molecular weight is 561 g/mol. The van der Waals surface area contributed by atoms with E-state index in [2.05, 4.69) is 62.0 Å². The van der Waals surface area contributed by atoms with E-state index in [1.54, 1.807) is 19.1 Å². The van der Waals surface area contributed by atoms with Gasteiger partial charge in [0.05, 0.1) is 11.5 Å². The topological polar surface area (TPSA) is 75.0 Å². The number of hydrogen-bond acceptors (Lipinski definition) is 7. The first kappa shape index (κ1) is 27.7. The van der Waals surface area contributed by atoms with Crippen molar-refractivity contribution < 1.29 is 8.78 Å². The molecule has 0 aromatic carbocycles. The molecule has 1 N–H and O–H groups in total. The summed E-state index contributed by atoms with van der Waals surface area (Å²) in [6.45, 7) is 11.6.